The Bertz CT molecular complexity index is 817. The number of para-hydroxylation sites is 1. The minimum Gasteiger partial charge on any atom is -0.284 e. The van der Waals surface area contributed by atoms with Crippen LogP contribution in [0.15, 0.2) is 45.8 Å². The summed E-state index contributed by atoms with van der Waals surface area (Å²) in [6.07, 6.45) is 3.41. The van der Waals surface area contributed by atoms with Gasteiger partial charge in [-0.2, -0.15) is 0 Å². The molecule has 3 atom stereocenters. The van der Waals surface area contributed by atoms with Crippen LogP contribution >= 0.6 is 23.4 Å². The van der Waals surface area contributed by atoms with Crippen LogP contribution in [0.4, 0.5) is 0 Å². The van der Waals surface area contributed by atoms with Crippen LogP contribution in [0.3, 0.4) is 0 Å². The molecule has 3 rings (SSSR count). The van der Waals surface area contributed by atoms with Crippen molar-refractivity contribution in [3.8, 4) is 0 Å². The lowest BCUT2D eigenvalue weighted by Crippen LogP contribution is -2.35. The SMILES string of the molecule is C=C(Cl)CSc1nc2ccccc2c(=O)n1[C@@H]1CCC[C@@H](C)[C@@H]1C. The van der Waals surface area contributed by atoms with Crippen molar-refractivity contribution in [1.29, 1.82) is 0 Å². The molecule has 0 N–H and O–H groups in total. The summed E-state index contributed by atoms with van der Waals surface area (Å²) in [4.78, 5) is 18.0. The first kappa shape index (κ1) is 17.6. The van der Waals surface area contributed by atoms with Crippen LogP contribution in [0, 0.1) is 11.8 Å². The molecule has 1 fully saturated rings. The Morgan fingerprint density at radius 2 is 2.12 bits per heavy atom. The highest BCUT2D eigenvalue weighted by atomic mass is 35.5. The van der Waals surface area contributed by atoms with Gasteiger partial charge >= 0.3 is 0 Å². The first-order valence-corrected chi connectivity index (χ1v) is 9.82. The summed E-state index contributed by atoms with van der Waals surface area (Å²) in [6.45, 7) is 8.29. The second kappa shape index (κ2) is 7.32. The Morgan fingerprint density at radius 1 is 1.38 bits per heavy atom. The van der Waals surface area contributed by atoms with Crippen molar-refractivity contribution in [3.63, 3.8) is 0 Å². The molecule has 0 amide bonds. The Labute approximate surface area is 152 Å². The van der Waals surface area contributed by atoms with Gasteiger partial charge in [0.2, 0.25) is 0 Å². The smallest absolute Gasteiger partial charge is 0.262 e. The van der Waals surface area contributed by atoms with Crippen LogP contribution in [0.25, 0.3) is 10.9 Å². The summed E-state index contributed by atoms with van der Waals surface area (Å²) in [5.41, 5.74) is 0.812. The van der Waals surface area contributed by atoms with E-state index in [0.29, 0.717) is 28.0 Å². The second-order valence-electron chi connectivity index (χ2n) is 6.73. The zero-order valence-electron chi connectivity index (χ0n) is 14.2. The lowest BCUT2D eigenvalue weighted by Gasteiger charge is -2.36. The molecule has 0 radical (unpaired) electrons. The molecule has 0 unspecified atom stereocenters. The highest BCUT2D eigenvalue weighted by Gasteiger charge is 2.31. The molecule has 5 heteroatoms. The number of nitrogens with zero attached hydrogens (tertiary/aromatic N) is 2. The third-order valence-electron chi connectivity index (χ3n) is 5.13. The van der Waals surface area contributed by atoms with Crippen LogP contribution in [0.5, 0.6) is 0 Å². The summed E-state index contributed by atoms with van der Waals surface area (Å²) in [5, 5.41) is 2.02. The molecule has 3 nitrogen and oxygen atoms in total. The fraction of sp³-hybridized carbons (Fsp3) is 0.474. The number of hydrogen-bond acceptors (Lipinski definition) is 3. The largest absolute Gasteiger partial charge is 0.284 e. The molecule has 1 heterocycles. The molecule has 1 aliphatic carbocycles. The summed E-state index contributed by atoms with van der Waals surface area (Å²) < 4.78 is 1.92. The maximum Gasteiger partial charge on any atom is 0.262 e. The van der Waals surface area contributed by atoms with Gasteiger partial charge in [-0.05, 0) is 30.4 Å². The highest BCUT2D eigenvalue weighted by Crippen LogP contribution is 2.39. The Balaban J connectivity index is 2.15. The number of rotatable bonds is 4. The second-order valence-corrected chi connectivity index (χ2v) is 8.20. The highest BCUT2D eigenvalue weighted by molar-refractivity contribution is 7.99. The zero-order valence-corrected chi connectivity index (χ0v) is 15.7. The van der Waals surface area contributed by atoms with E-state index in [0.717, 1.165) is 23.5 Å². The van der Waals surface area contributed by atoms with E-state index in [-0.39, 0.29) is 11.6 Å². The topological polar surface area (TPSA) is 34.9 Å². The summed E-state index contributed by atoms with van der Waals surface area (Å²) in [7, 11) is 0. The molecule has 128 valence electrons. The Morgan fingerprint density at radius 3 is 2.88 bits per heavy atom. The molecule has 1 aromatic carbocycles. The number of aromatic nitrogens is 2. The van der Waals surface area contributed by atoms with Crippen molar-refractivity contribution in [2.24, 2.45) is 11.8 Å². The molecule has 0 bridgehead atoms. The molecule has 0 saturated heterocycles. The average Bonchev–Trinajstić information content (AvgIpc) is 2.56. The van der Waals surface area contributed by atoms with Crippen LogP contribution < -0.4 is 5.56 Å². The predicted octanol–water partition coefficient (Wildman–Crippen LogP) is 5.24. The third-order valence-corrected chi connectivity index (χ3v) is 6.46. The Hall–Kier alpha value is -1.26. The van der Waals surface area contributed by atoms with Gasteiger partial charge in [-0.1, -0.05) is 68.8 Å². The monoisotopic (exact) mass is 362 g/mol. The van der Waals surface area contributed by atoms with E-state index >= 15 is 0 Å². The molecule has 1 saturated carbocycles. The zero-order chi connectivity index (χ0) is 17.3. The van der Waals surface area contributed by atoms with E-state index in [1.807, 2.05) is 28.8 Å². The molecule has 2 aromatic rings. The van der Waals surface area contributed by atoms with E-state index < -0.39 is 0 Å². The van der Waals surface area contributed by atoms with E-state index in [1.54, 1.807) is 0 Å². The number of thioether (sulfide) groups is 1. The van der Waals surface area contributed by atoms with Crippen molar-refractivity contribution < 1.29 is 0 Å². The quantitative estimate of drug-likeness (QED) is 0.551. The van der Waals surface area contributed by atoms with E-state index in [4.69, 9.17) is 16.6 Å². The van der Waals surface area contributed by atoms with Gasteiger partial charge in [-0.3, -0.25) is 9.36 Å². The van der Waals surface area contributed by atoms with Gasteiger partial charge in [-0.15, -0.1) is 0 Å². The van der Waals surface area contributed by atoms with Crippen molar-refractivity contribution >= 4 is 34.3 Å². The fourth-order valence-electron chi connectivity index (χ4n) is 3.58. The van der Waals surface area contributed by atoms with E-state index in [9.17, 15) is 4.79 Å². The van der Waals surface area contributed by atoms with Crippen molar-refractivity contribution in [2.45, 2.75) is 44.3 Å². The van der Waals surface area contributed by atoms with Crippen molar-refractivity contribution in [2.75, 3.05) is 5.75 Å². The van der Waals surface area contributed by atoms with Crippen molar-refractivity contribution in [1.82, 2.24) is 9.55 Å². The molecular weight excluding hydrogens is 340 g/mol. The summed E-state index contributed by atoms with van der Waals surface area (Å²) in [6, 6.07) is 7.78. The number of hydrogen-bond donors (Lipinski definition) is 0. The van der Waals surface area contributed by atoms with Crippen molar-refractivity contribution in [3.05, 3.63) is 46.2 Å². The molecule has 1 aromatic heterocycles. The van der Waals surface area contributed by atoms with Gasteiger partial charge in [0.05, 0.1) is 10.9 Å². The predicted molar refractivity (Wildman–Crippen MR) is 103 cm³/mol. The molecular formula is C19H23ClN2OS. The van der Waals surface area contributed by atoms with Gasteiger partial charge in [0.15, 0.2) is 5.16 Å². The van der Waals surface area contributed by atoms with Crippen LogP contribution in [-0.2, 0) is 0 Å². The van der Waals surface area contributed by atoms with Gasteiger partial charge in [0, 0.05) is 16.8 Å². The first-order chi connectivity index (χ1) is 11.5. The standard InChI is InChI=1S/C19H23ClN2OS/c1-12-7-6-10-17(14(12)3)22-18(23)15-8-4-5-9-16(15)21-19(22)24-11-13(2)20/h4-5,8-9,12,14,17H,2,6-7,10-11H2,1,3H3/t12-,14+,17-/m1/s1. The summed E-state index contributed by atoms with van der Waals surface area (Å²) >= 11 is 7.45. The average molecular weight is 363 g/mol. The number of halogens is 1. The number of benzene rings is 1. The Kier molecular flexibility index (Phi) is 5.36. The molecule has 0 aliphatic heterocycles. The summed E-state index contributed by atoms with van der Waals surface area (Å²) in [5.74, 6) is 1.63. The maximum absolute atomic E-state index is 13.2. The van der Waals surface area contributed by atoms with Gasteiger partial charge < -0.3 is 0 Å². The van der Waals surface area contributed by atoms with E-state index in [2.05, 4.69) is 20.4 Å². The lowest BCUT2D eigenvalue weighted by molar-refractivity contribution is 0.173. The first-order valence-electron chi connectivity index (χ1n) is 8.46. The minimum absolute atomic E-state index is 0.0641. The fourth-order valence-corrected chi connectivity index (χ4v) is 4.55. The number of fused-ring (bicyclic) bond motifs is 1. The third kappa shape index (κ3) is 3.40. The van der Waals surface area contributed by atoms with Crippen LogP contribution in [0.2, 0.25) is 0 Å². The molecule has 24 heavy (non-hydrogen) atoms. The molecule has 0 spiro atoms. The van der Waals surface area contributed by atoms with Gasteiger partial charge in [-0.25, -0.2) is 4.98 Å². The van der Waals surface area contributed by atoms with Crippen LogP contribution in [0.1, 0.15) is 39.2 Å². The van der Waals surface area contributed by atoms with Crippen LogP contribution in [-0.4, -0.2) is 15.3 Å². The molecule has 1 aliphatic rings. The lowest BCUT2D eigenvalue weighted by atomic mass is 9.78. The van der Waals surface area contributed by atoms with Gasteiger partial charge in [0.1, 0.15) is 0 Å². The maximum atomic E-state index is 13.2. The van der Waals surface area contributed by atoms with Gasteiger partial charge in [0.25, 0.3) is 5.56 Å². The normalized spacial score (nSPS) is 24.2. The van der Waals surface area contributed by atoms with E-state index in [1.165, 1.54) is 18.2 Å². The minimum atomic E-state index is 0.0641.